The van der Waals surface area contributed by atoms with E-state index >= 15 is 0 Å². The Bertz CT molecular complexity index is 617. The minimum atomic E-state index is -0.778. The number of hydrogen-bond acceptors (Lipinski definition) is 3. The largest absolute Gasteiger partial charge is 0.449 e. The van der Waals surface area contributed by atoms with Gasteiger partial charge in [-0.2, -0.15) is 4.68 Å². The first-order valence-corrected chi connectivity index (χ1v) is 4.96. The van der Waals surface area contributed by atoms with Crippen molar-refractivity contribution in [2.75, 3.05) is 12.0 Å². The van der Waals surface area contributed by atoms with E-state index in [1.54, 1.807) is 6.92 Å². The fourth-order valence-electron chi connectivity index (χ4n) is 1.44. The molecule has 2 N–H and O–H groups in total. The third kappa shape index (κ3) is 2.12. The molecule has 0 aliphatic carbocycles. The Balaban J connectivity index is 2.45. The molecule has 17 heavy (non-hydrogen) atoms. The molecule has 0 fully saturated rings. The maximum atomic E-state index is 13.0. The van der Waals surface area contributed by atoms with Gasteiger partial charge >= 0.3 is 11.8 Å². The quantitative estimate of drug-likeness (QED) is 0.825. The maximum absolute atomic E-state index is 13.0. The number of aromatic amines is 1. The zero-order chi connectivity index (χ0) is 12.4. The van der Waals surface area contributed by atoms with Gasteiger partial charge in [-0.05, 0) is 19.1 Å². The molecular formula is C10H10FN3O3. The van der Waals surface area contributed by atoms with E-state index in [0.29, 0.717) is 5.52 Å². The van der Waals surface area contributed by atoms with E-state index in [-0.39, 0.29) is 12.1 Å². The molecule has 0 saturated heterocycles. The molecule has 1 aromatic heterocycles. The molecule has 1 aromatic carbocycles. The Hall–Kier alpha value is -2.31. The van der Waals surface area contributed by atoms with Gasteiger partial charge in [0.15, 0.2) is 0 Å². The van der Waals surface area contributed by atoms with Crippen LogP contribution in [0.15, 0.2) is 23.0 Å². The van der Waals surface area contributed by atoms with E-state index in [4.69, 9.17) is 0 Å². The van der Waals surface area contributed by atoms with Gasteiger partial charge in [-0.1, -0.05) is 0 Å². The predicted molar refractivity (Wildman–Crippen MR) is 58.9 cm³/mol. The van der Waals surface area contributed by atoms with Gasteiger partial charge in [0, 0.05) is 6.07 Å². The summed E-state index contributed by atoms with van der Waals surface area (Å²) in [5.74, 6) is -0.504. The van der Waals surface area contributed by atoms with Crippen molar-refractivity contribution in [3.05, 3.63) is 34.5 Å². The van der Waals surface area contributed by atoms with Crippen molar-refractivity contribution < 1.29 is 13.9 Å². The lowest BCUT2D eigenvalue weighted by molar-refractivity contribution is 0.164. The lowest BCUT2D eigenvalue weighted by Gasteiger charge is -2.05. The van der Waals surface area contributed by atoms with Crippen molar-refractivity contribution in [1.82, 2.24) is 9.66 Å². The van der Waals surface area contributed by atoms with Gasteiger partial charge < -0.3 is 9.72 Å². The Kier molecular flexibility index (Phi) is 2.82. The second-order valence-electron chi connectivity index (χ2n) is 3.26. The van der Waals surface area contributed by atoms with Gasteiger partial charge in [-0.25, -0.2) is 19.4 Å². The monoisotopic (exact) mass is 239 g/mol. The fourth-order valence-corrected chi connectivity index (χ4v) is 1.44. The van der Waals surface area contributed by atoms with Crippen LogP contribution in [-0.2, 0) is 4.74 Å². The highest BCUT2D eigenvalue weighted by Crippen LogP contribution is 2.10. The topological polar surface area (TPSA) is 76.1 Å². The number of nitrogens with one attached hydrogen (secondary N) is 2. The first-order chi connectivity index (χ1) is 8.11. The molecule has 0 saturated carbocycles. The molecule has 6 nitrogen and oxygen atoms in total. The summed E-state index contributed by atoms with van der Waals surface area (Å²) in [6, 6.07) is 3.77. The van der Waals surface area contributed by atoms with Gasteiger partial charge in [0.2, 0.25) is 0 Å². The van der Waals surface area contributed by atoms with E-state index in [1.165, 1.54) is 12.1 Å². The minimum absolute atomic E-state index is 0.178. The molecule has 1 amide bonds. The second kappa shape index (κ2) is 4.28. The number of ether oxygens (including phenoxy) is 1. The standard InChI is InChI=1S/C10H10FN3O3/c1-2-17-10(16)13-14-8-5-6(11)3-4-7(8)12-9(14)15/h3-5H,2H2,1H3,(H,12,15)(H,13,16). The number of hydrogen-bond donors (Lipinski definition) is 2. The van der Waals surface area contributed by atoms with Crippen LogP contribution in [0.25, 0.3) is 11.0 Å². The van der Waals surface area contributed by atoms with Gasteiger partial charge in [0.25, 0.3) is 0 Å². The number of amides is 1. The van der Waals surface area contributed by atoms with Crippen molar-refractivity contribution >= 4 is 17.1 Å². The summed E-state index contributed by atoms with van der Waals surface area (Å²) in [6.45, 7) is 1.81. The van der Waals surface area contributed by atoms with Crippen molar-refractivity contribution in [3.63, 3.8) is 0 Å². The van der Waals surface area contributed by atoms with Crippen LogP contribution < -0.4 is 11.1 Å². The van der Waals surface area contributed by atoms with Crippen molar-refractivity contribution in [2.24, 2.45) is 0 Å². The summed E-state index contributed by atoms with van der Waals surface area (Å²) < 4.78 is 18.6. The SMILES string of the molecule is CCOC(=O)Nn1c(=O)[nH]c2ccc(F)cc21. The average Bonchev–Trinajstić information content (AvgIpc) is 2.56. The molecular weight excluding hydrogens is 229 g/mol. The number of carbonyl (C=O) groups is 1. The lowest BCUT2D eigenvalue weighted by atomic mass is 10.3. The second-order valence-corrected chi connectivity index (χ2v) is 3.26. The lowest BCUT2D eigenvalue weighted by Crippen LogP contribution is -2.31. The molecule has 0 aliphatic rings. The van der Waals surface area contributed by atoms with Crippen molar-refractivity contribution in [1.29, 1.82) is 0 Å². The molecule has 0 unspecified atom stereocenters. The number of carbonyl (C=O) groups excluding carboxylic acids is 1. The van der Waals surface area contributed by atoms with Crippen LogP contribution in [0.3, 0.4) is 0 Å². The Morgan fingerprint density at radius 2 is 2.35 bits per heavy atom. The summed E-state index contributed by atoms with van der Waals surface area (Å²) >= 11 is 0. The van der Waals surface area contributed by atoms with Crippen LogP contribution in [0.1, 0.15) is 6.92 Å². The zero-order valence-electron chi connectivity index (χ0n) is 8.99. The Morgan fingerprint density at radius 3 is 3.06 bits per heavy atom. The third-order valence-corrected chi connectivity index (χ3v) is 2.12. The van der Waals surface area contributed by atoms with Crippen molar-refractivity contribution in [2.45, 2.75) is 6.92 Å². The van der Waals surface area contributed by atoms with Gasteiger partial charge in [0.1, 0.15) is 5.82 Å². The number of fused-ring (bicyclic) bond motifs is 1. The molecule has 0 atom stereocenters. The summed E-state index contributed by atoms with van der Waals surface area (Å²) in [5, 5.41) is 0. The number of aromatic nitrogens is 2. The number of imidazole rings is 1. The average molecular weight is 239 g/mol. The van der Waals surface area contributed by atoms with Crippen LogP contribution >= 0.6 is 0 Å². The summed E-state index contributed by atoms with van der Waals surface area (Å²) in [5.41, 5.74) is 2.30. The molecule has 0 aliphatic heterocycles. The van der Waals surface area contributed by atoms with E-state index in [1.807, 2.05) is 0 Å². The molecule has 7 heteroatoms. The van der Waals surface area contributed by atoms with E-state index in [0.717, 1.165) is 10.7 Å². The maximum Gasteiger partial charge on any atom is 0.426 e. The fraction of sp³-hybridized carbons (Fsp3) is 0.200. The summed E-state index contributed by atoms with van der Waals surface area (Å²) in [7, 11) is 0. The number of H-pyrrole nitrogens is 1. The normalized spacial score (nSPS) is 10.5. The molecule has 0 radical (unpaired) electrons. The Morgan fingerprint density at radius 1 is 1.59 bits per heavy atom. The minimum Gasteiger partial charge on any atom is -0.449 e. The number of nitrogens with zero attached hydrogens (tertiary/aromatic N) is 1. The molecule has 2 aromatic rings. The van der Waals surface area contributed by atoms with Gasteiger partial charge in [0.05, 0.1) is 17.6 Å². The Labute approximate surface area is 95.0 Å². The zero-order valence-corrected chi connectivity index (χ0v) is 8.99. The molecule has 0 spiro atoms. The van der Waals surface area contributed by atoms with E-state index in [2.05, 4.69) is 15.1 Å². The smallest absolute Gasteiger partial charge is 0.426 e. The molecule has 90 valence electrons. The third-order valence-electron chi connectivity index (χ3n) is 2.12. The summed E-state index contributed by atoms with van der Waals surface area (Å²) in [4.78, 5) is 25.2. The highest BCUT2D eigenvalue weighted by Gasteiger charge is 2.10. The van der Waals surface area contributed by atoms with Crippen LogP contribution in [0.5, 0.6) is 0 Å². The number of benzene rings is 1. The van der Waals surface area contributed by atoms with E-state index in [9.17, 15) is 14.0 Å². The predicted octanol–water partition coefficient (Wildman–Crippen LogP) is 1.17. The van der Waals surface area contributed by atoms with Crippen LogP contribution in [0, 0.1) is 5.82 Å². The van der Waals surface area contributed by atoms with Gasteiger partial charge in [-0.15, -0.1) is 0 Å². The summed E-state index contributed by atoms with van der Waals surface area (Å²) in [6.07, 6.45) is -0.778. The van der Waals surface area contributed by atoms with Crippen molar-refractivity contribution in [3.8, 4) is 0 Å². The molecule has 0 bridgehead atoms. The molecule has 2 rings (SSSR count). The van der Waals surface area contributed by atoms with E-state index < -0.39 is 17.6 Å². The van der Waals surface area contributed by atoms with Crippen LogP contribution in [0.2, 0.25) is 0 Å². The molecule has 1 heterocycles. The highest BCUT2D eigenvalue weighted by atomic mass is 19.1. The first-order valence-electron chi connectivity index (χ1n) is 4.96. The number of halogens is 1. The van der Waals surface area contributed by atoms with Crippen LogP contribution in [0.4, 0.5) is 9.18 Å². The van der Waals surface area contributed by atoms with Crippen LogP contribution in [-0.4, -0.2) is 22.4 Å². The highest BCUT2D eigenvalue weighted by molar-refractivity contribution is 5.81. The number of rotatable bonds is 2. The first kappa shape index (κ1) is 11.2. The van der Waals surface area contributed by atoms with Gasteiger partial charge in [-0.3, -0.25) is 0 Å².